The fraction of sp³-hybridized carbons (Fsp3) is 0.217. The third-order valence-corrected chi connectivity index (χ3v) is 6.07. The molecule has 10 heteroatoms. The number of nitrogens with one attached hydrogen (secondary N) is 3. The number of rotatable bonds is 6. The van der Waals surface area contributed by atoms with Crippen LogP contribution in [-0.4, -0.2) is 25.4 Å². The van der Waals surface area contributed by atoms with E-state index in [0.29, 0.717) is 37.6 Å². The van der Waals surface area contributed by atoms with Gasteiger partial charge in [-0.2, -0.15) is 0 Å². The largest absolute Gasteiger partial charge is 0.369 e. The van der Waals surface area contributed by atoms with Gasteiger partial charge in [0.25, 0.3) is 5.56 Å². The highest BCUT2D eigenvalue weighted by Gasteiger charge is 2.32. The van der Waals surface area contributed by atoms with E-state index in [1.54, 1.807) is 0 Å². The van der Waals surface area contributed by atoms with Gasteiger partial charge in [-0.05, 0) is 36.1 Å². The van der Waals surface area contributed by atoms with Crippen LogP contribution in [0.1, 0.15) is 29.3 Å². The molecule has 5 rings (SSSR count). The topological polar surface area (TPSA) is 131 Å². The molecule has 3 heterocycles. The summed E-state index contributed by atoms with van der Waals surface area (Å²) >= 11 is 6.37. The van der Waals surface area contributed by atoms with Crippen LogP contribution < -0.4 is 21.9 Å². The van der Waals surface area contributed by atoms with Gasteiger partial charge in [-0.1, -0.05) is 48.0 Å². The first-order chi connectivity index (χ1) is 16.0. The van der Waals surface area contributed by atoms with Gasteiger partial charge in [0.1, 0.15) is 6.04 Å². The average Bonchev–Trinajstić information content (AvgIpc) is 3.43. The van der Waals surface area contributed by atoms with Crippen molar-refractivity contribution in [2.24, 2.45) is 0 Å². The highest BCUT2D eigenvalue weighted by atomic mass is 35.5. The summed E-state index contributed by atoms with van der Waals surface area (Å²) in [4.78, 5) is 37.6. The van der Waals surface area contributed by atoms with Crippen molar-refractivity contribution in [3.8, 4) is 0 Å². The Morgan fingerprint density at radius 1 is 1.15 bits per heavy atom. The quantitative estimate of drug-likeness (QED) is 0.348. The summed E-state index contributed by atoms with van der Waals surface area (Å²) < 4.78 is 1.47. The smallest absolute Gasteiger partial charge is 0.294 e. The molecule has 0 bridgehead atoms. The van der Waals surface area contributed by atoms with E-state index in [0.717, 1.165) is 22.2 Å². The minimum atomic E-state index is -0.642. The molecule has 33 heavy (non-hydrogen) atoms. The number of nitrogens with zero attached hydrogens (tertiary/aromatic N) is 3. The number of imidazole rings is 1. The molecule has 0 fully saturated rings. The zero-order valence-electron chi connectivity index (χ0n) is 17.6. The third kappa shape index (κ3) is 4.14. The number of H-pyrrole nitrogens is 1. The van der Waals surface area contributed by atoms with Crippen LogP contribution >= 0.6 is 11.6 Å². The normalized spacial score (nSPS) is 14.9. The van der Waals surface area contributed by atoms with E-state index in [1.807, 2.05) is 48.5 Å². The number of aromatic nitrogens is 4. The summed E-state index contributed by atoms with van der Waals surface area (Å²) in [6, 6.07) is 14.6. The highest BCUT2D eigenvalue weighted by molar-refractivity contribution is 6.30. The van der Waals surface area contributed by atoms with Crippen molar-refractivity contribution >= 4 is 40.3 Å². The molecule has 4 aromatic rings. The van der Waals surface area contributed by atoms with Gasteiger partial charge in [0.15, 0.2) is 16.9 Å². The molecule has 0 aliphatic carbocycles. The number of nitrogen functional groups attached to an aromatic ring is 1. The number of aromatic amines is 1. The molecule has 2 aromatic heterocycles. The predicted molar refractivity (Wildman–Crippen MR) is 127 cm³/mol. The van der Waals surface area contributed by atoms with Gasteiger partial charge in [0.2, 0.25) is 5.91 Å². The fourth-order valence-electron chi connectivity index (χ4n) is 4.14. The van der Waals surface area contributed by atoms with Gasteiger partial charge in [-0.15, -0.1) is 0 Å². The van der Waals surface area contributed by atoms with Crippen LogP contribution in [0.3, 0.4) is 0 Å². The Morgan fingerprint density at radius 3 is 2.79 bits per heavy atom. The average molecular weight is 464 g/mol. The summed E-state index contributed by atoms with van der Waals surface area (Å²) in [6.07, 6.45) is 0.998. The zero-order chi connectivity index (χ0) is 22.9. The lowest BCUT2D eigenvalue weighted by atomic mass is 10.1. The number of anilines is 2. The Hall–Kier alpha value is -3.85. The minimum absolute atomic E-state index is 0.134. The van der Waals surface area contributed by atoms with Gasteiger partial charge in [0.05, 0.1) is 16.7 Å². The number of amides is 1. The number of hydrogen-bond donors (Lipinski definition) is 4. The first-order valence-corrected chi connectivity index (χ1v) is 11.0. The molecular formula is C23H22ClN7O2. The molecule has 5 N–H and O–H groups in total. The first-order valence-electron chi connectivity index (χ1n) is 10.6. The molecule has 1 aliphatic heterocycles. The summed E-state index contributed by atoms with van der Waals surface area (Å²) in [5.41, 5.74) is 9.39. The minimum Gasteiger partial charge on any atom is -0.369 e. The van der Waals surface area contributed by atoms with E-state index in [1.165, 1.54) is 4.57 Å². The maximum Gasteiger partial charge on any atom is 0.294 e. The molecule has 0 unspecified atom stereocenters. The van der Waals surface area contributed by atoms with Crippen LogP contribution in [0.2, 0.25) is 5.15 Å². The van der Waals surface area contributed by atoms with E-state index in [-0.39, 0.29) is 22.4 Å². The summed E-state index contributed by atoms with van der Waals surface area (Å²) in [5.74, 6) is 0.237. The first kappa shape index (κ1) is 21.0. The van der Waals surface area contributed by atoms with Gasteiger partial charge in [0, 0.05) is 13.1 Å². The van der Waals surface area contributed by atoms with Crippen LogP contribution in [0.5, 0.6) is 0 Å². The monoisotopic (exact) mass is 463 g/mol. The molecule has 0 saturated carbocycles. The third-order valence-electron chi connectivity index (χ3n) is 5.76. The molecule has 2 aromatic carbocycles. The second kappa shape index (κ2) is 8.59. The Morgan fingerprint density at radius 2 is 1.97 bits per heavy atom. The van der Waals surface area contributed by atoms with Crippen molar-refractivity contribution in [2.75, 3.05) is 11.1 Å². The van der Waals surface area contributed by atoms with Crippen LogP contribution in [0.25, 0.3) is 11.0 Å². The number of carbonyl (C=O) groups excluding carboxylic acids is 1. The summed E-state index contributed by atoms with van der Waals surface area (Å²) in [6.45, 7) is 0.739. The van der Waals surface area contributed by atoms with Crippen LogP contribution in [0.4, 0.5) is 11.8 Å². The van der Waals surface area contributed by atoms with Crippen molar-refractivity contribution in [3.63, 3.8) is 0 Å². The van der Waals surface area contributed by atoms with E-state index < -0.39 is 6.04 Å². The molecule has 9 nitrogen and oxygen atoms in total. The van der Waals surface area contributed by atoms with E-state index in [9.17, 15) is 9.59 Å². The predicted octanol–water partition coefficient (Wildman–Crippen LogP) is 2.77. The van der Waals surface area contributed by atoms with Crippen molar-refractivity contribution in [1.82, 2.24) is 24.8 Å². The molecule has 0 spiro atoms. The molecule has 0 radical (unpaired) electrons. The molecule has 1 aliphatic rings. The maximum atomic E-state index is 13.1. The Labute approximate surface area is 194 Å². The number of nitrogens with two attached hydrogens (primary N) is 1. The van der Waals surface area contributed by atoms with E-state index in [2.05, 4.69) is 25.6 Å². The van der Waals surface area contributed by atoms with E-state index in [4.69, 9.17) is 17.3 Å². The lowest BCUT2D eigenvalue weighted by molar-refractivity contribution is -0.124. The second-order valence-electron chi connectivity index (χ2n) is 7.96. The Kier molecular flexibility index (Phi) is 5.47. The number of carbonyl (C=O) groups is 1. The second-order valence-corrected chi connectivity index (χ2v) is 8.32. The number of halogens is 1. The van der Waals surface area contributed by atoms with Crippen molar-refractivity contribution < 1.29 is 4.79 Å². The van der Waals surface area contributed by atoms with E-state index >= 15 is 0 Å². The SMILES string of the molecule is Nc1nc2ccc(CNC(=O)[C@@H]3CCc4c(Cl)nc(NCc5ccccc5)c(=O)n43)cc2[nH]1. The summed E-state index contributed by atoms with van der Waals surface area (Å²) in [7, 11) is 0. The van der Waals surface area contributed by atoms with Crippen molar-refractivity contribution in [3.05, 3.63) is 80.9 Å². The lowest BCUT2D eigenvalue weighted by Gasteiger charge is -2.16. The van der Waals surface area contributed by atoms with Gasteiger partial charge < -0.3 is 21.4 Å². The number of fused-ring (bicyclic) bond motifs is 2. The van der Waals surface area contributed by atoms with Crippen LogP contribution in [0, 0.1) is 0 Å². The van der Waals surface area contributed by atoms with Crippen molar-refractivity contribution in [2.45, 2.75) is 32.0 Å². The van der Waals surface area contributed by atoms with Crippen molar-refractivity contribution in [1.29, 1.82) is 0 Å². The molecular weight excluding hydrogens is 442 g/mol. The fourth-order valence-corrected chi connectivity index (χ4v) is 4.41. The molecule has 168 valence electrons. The van der Waals surface area contributed by atoms with Crippen LogP contribution in [-0.2, 0) is 24.3 Å². The van der Waals surface area contributed by atoms with Gasteiger partial charge >= 0.3 is 0 Å². The summed E-state index contributed by atoms with van der Waals surface area (Å²) in [5, 5.41) is 6.22. The van der Waals surface area contributed by atoms with Gasteiger partial charge in [-0.25, -0.2) is 9.97 Å². The standard InChI is InChI=1S/C23H22ClN7O2/c24-19-17-8-9-18(21(32)27-12-14-6-7-15-16(10-14)29-23(25)28-15)31(17)22(33)20(30-19)26-11-13-4-2-1-3-5-13/h1-7,10,18H,8-9,11-12H2,(H,26,30)(H,27,32)(H3,25,28,29)/t18-/m0/s1. The number of hydrogen-bond acceptors (Lipinski definition) is 6. The lowest BCUT2D eigenvalue weighted by Crippen LogP contribution is -2.36. The molecule has 1 atom stereocenters. The van der Waals surface area contributed by atoms with Gasteiger partial charge in [-0.3, -0.25) is 14.2 Å². The zero-order valence-corrected chi connectivity index (χ0v) is 18.4. The number of benzene rings is 2. The highest BCUT2D eigenvalue weighted by Crippen LogP contribution is 2.29. The molecule has 1 amide bonds. The Bertz CT molecular complexity index is 1400. The van der Waals surface area contributed by atoms with Crippen LogP contribution in [0.15, 0.2) is 53.3 Å². The Balaban J connectivity index is 1.33. The molecule has 0 saturated heterocycles. The maximum absolute atomic E-state index is 13.1.